The quantitative estimate of drug-likeness (QED) is 0.761. The summed E-state index contributed by atoms with van der Waals surface area (Å²) in [6, 6.07) is 12.1. The van der Waals surface area contributed by atoms with Crippen LogP contribution in [-0.2, 0) is 13.2 Å². The zero-order valence-electron chi connectivity index (χ0n) is 11.0. The van der Waals surface area contributed by atoms with Crippen molar-refractivity contribution in [3.05, 3.63) is 51.2 Å². The molecule has 1 heterocycles. The molecule has 2 aromatic rings. The van der Waals surface area contributed by atoms with Gasteiger partial charge in [-0.2, -0.15) is 0 Å². The fraction of sp³-hybridized carbons (Fsp3) is 0.333. The van der Waals surface area contributed by atoms with Crippen LogP contribution in [0.1, 0.15) is 23.8 Å². The number of thiophene rings is 1. The maximum atomic E-state index is 5.88. The molecular weight excluding hydrogens is 278 g/mol. The number of halogens is 1. The van der Waals surface area contributed by atoms with Crippen LogP contribution in [0.3, 0.4) is 0 Å². The van der Waals surface area contributed by atoms with Crippen molar-refractivity contribution < 1.29 is 4.74 Å². The molecule has 2 nitrogen and oxygen atoms in total. The normalized spacial score (nSPS) is 10.6. The second kappa shape index (κ2) is 7.53. The van der Waals surface area contributed by atoms with Gasteiger partial charge in [-0.15, -0.1) is 11.3 Å². The second-order valence-corrected chi connectivity index (χ2v) is 6.11. The molecule has 102 valence electrons. The highest BCUT2D eigenvalue weighted by molar-refractivity contribution is 7.16. The number of rotatable bonds is 7. The molecule has 0 bridgehead atoms. The van der Waals surface area contributed by atoms with Gasteiger partial charge in [0.15, 0.2) is 0 Å². The smallest absolute Gasteiger partial charge is 0.122 e. The van der Waals surface area contributed by atoms with E-state index in [0.29, 0.717) is 6.61 Å². The molecule has 0 radical (unpaired) electrons. The monoisotopic (exact) mass is 295 g/mol. The molecule has 1 aromatic heterocycles. The summed E-state index contributed by atoms with van der Waals surface area (Å²) < 4.78 is 6.52. The van der Waals surface area contributed by atoms with Gasteiger partial charge in [-0.1, -0.05) is 30.7 Å². The molecule has 1 aromatic carbocycles. The van der Waals surface area contributed by atoms with Gasteiger partial charge in [0.05, 0.1) is 4.34 Å². The molecule has 0 spiro atoms. The fourth-order valence-corrected chi connectivity index (χ4v) is 2.70. The summed E-state index contributed by atoms with van der Waals surface area (Å²) in [7, 11) is 0. The first kappa shape index (κ1) is 14.4. The number of hydrogen-bond donors (Lipinski definition) is 1. The molecule has 0 fully saturated rings. The molecule has 2 rings (SSSR count). The number of hydrogen-bond acceptors (Lipinski definition) is 3. The molecule has 0 unspecified atom stereocenters. The Morgan fingerprint density at radius 1 is 1.16 bits per heavy atom. The summed E-state index contributed by atoms with van der Waals surface area (Å²) in [5, 5.41) is 3.38. The molecule has 4 heteroatoms. The average Bonchev–Trinajstić information content (AvgIpc) is 2.84. The van der Waals surface area contributed by atoms with Gasteiger partial charge < -0.3 is 10.1 Å². The zero-order valence-corrected chi connectivity index (χ0v) is 12.6. The third kappa shape index (κ3) is 4.86. The number of nitrogens with one attached hydrogen (secondary N) is 1. The van der Waals surface area contributed by atoms with Crippen LogP contribution in [0.15, 0.2) is 36.4 Å². The summed E-state index contributed by atoms with van der Waals surface area (Å²) in [5.41, 5.74) is 1.28. The zero-order chi connectivity index (χ0) is 13.5. The highest BCUT2D eigenvalue weighted by Crippen LogP contribution is 2.23. The lowest BCUT2D eigenvalue weighted by molar-refractivity contribution is 0.309. The van der Waals surface area contributed by atoms with E-state index in [2.05, 4.69) is 24.4 Å². The van der Waals surface area contributed by atoms with Crippen LogP contribution in [0.5, 0.6) is 5.75 Å². The maximum Gasteiger partial charge on any atom is 0.122 e. The molecule has 0 aliphatic rings. The molecular formula is C15H18ClNOS. The molecule has 0 saturated heterocycles. The van der Waals surface area contributed by atoms with Crippen LogP contribution in [-0.4, -0.2) is 6.54 Å². The van der Waals surface area contributed by atoms with Crippen molar-refractivity contribution in [2.45, 2.75) is 26.5 Å². The predicted octanol–water partition coefficient (Wildman–Crippen LogP) is 4.48. The summed E-state index contributed by atoms with van der Waals surface area (Å²) in [5.74, 6) is 0.892. The lowest BCUT2D eigenvalue weighted by atomic mass is 10.2. The highest BCUT2D eigenvalue weighted by atomic mass is 35.5. The Morgan fingerprint density at radius 3 is 2.58 bits per heavy atom. The molecule has 0 atom stereocenters. The van der Waals surface area contributed by atoms with E-state index >= 15 is 0 Å². The van der Waals surface area contributed by atoms with Crippen molar-refractivity contribution in [1.29, 1.82) is 0 Å². The third-order valence-corrected chi connectivity index (χ3v) is 3.89. The van der Waals surface area contributed by atoms with E-state index in [1.54, 1.807) is 11.3 Å². The maximum absolute atomic E-state index is 5.88. The van der Waals surface area contributed by atoms with E-state index in [1.807, 2.05) is 24.3 Å². The van der Waals surface area contributed by atoms with E-state index in [0.717, 1.165) is 34.5 Å². The van der Waals surface area contributed by atoms with Crippen molar-refractivity contribution in [3.8, 4) is 5.75 Å². The SMILES string of the molecule is CCCNCc1ccc(OCc2ccc(Cl)s2)cc1. The molecule has 0 amide bonds. The summed E-state index contributed by atoms with van der Waals surface area (Å²) in [6.45, 7) is 4.71. The Balaban J connectivity index is 1.81. The fourth-order valence-electron chi connectivity index (χ4n) is 1.70. The minimum atomic E-state index is 0.574. The van der Waals surface area contributed by atoms with Crippen LogP contribution in [0.2, 0.25) is 4.34 Å². The Kier molecular flexibility index (Phi) is 5.70. The van der Waals surface area contributed by atoms with Gasteiger partial charge in [0.2, 0.25) is 0 Å². The van der Waals surface area contributed by atoms with Crippen molar-refractivity contribution in [2.75, 3.05) is 6.54 Å². The summed E-state index contributed by atoms with van der Waals surface area (Å²) >= 11 is 7.43. The highest BCUT2D eigenvalue weighted by Gasteiger charge is 2.00. The molecule has 1 N–H and O–H groups in total. The van der Waals surface area contributed by atoms with Crippen LogP contribution in [0.4, 0.5) is 0 Å². The minimum Gasteiger partial charge on any atom is -0.488 e. The van der Waals surface area contributed by atoms with Crippen molar-refractivity contribution in [1.82, 2.24) is 5.32 Å². The van der Waals surface area contributed by atoms with Crippen LogP contribution in [0, 0.1) is 0 Å². The van der Waals surface area contributed by atoms with Crippen LogP contribution < -0.4 is 10.1 Å². The molecule has 19 heavy (non-hydrogen) atoms. The first-order chi connectivity index (χ1) is 9.28. The molecule has 0 aliphatic heterocycles. The second-order valence-electron chi connectivity index (χ2n) is 4.32. The van der Waals surface area contributed by atoms with Crippen LogP contribution in [0.25, 0.3) is 0 Å². The third-order valence-electron chi connectivity index (χ3n) is 2.69. The van der Waals surface area contributed by atoms with Gasteiger partial charge in [0.1, 0.15) is 12.4 Å². The topological polar surface area (TPSA) is 21.3 Å². The summed E-state index contributed by atoms with van der Waals surface area (Å²) in [4.78, 5) is 1.14. The minimum absolute atomic E-state index is 0.574. The van der Waals surface area contributed by atoms with E-state index < -0.39 is 0 Å². The van der Waals surface area contributed by atoms with E-state index in [9.17, 15) is 0 Å². The lowest BCUT2D eigenvalue weighted by Crippen LogP contribution is -2.13. The van der Waals surface area contributed by atoms with Crippen molar-refractivity contribution >= 4 is 22.9 Å². The average molecular weight is 296 g/mol. The Labute approximate surface area is 123 Å². The van der Waals surface area contributed by atoms with Gasteiger partial charge in [0, 0.05) is 11.4 Å². The Hall–Kier alpha value is -1.03. The number of benzene rings is 1. The van der Waals surface area contributed by atoms with Gasteiger partial charge >= 0.3 is 0 Å². The summed E-state index contributed by atoms with van der Waals surface area (Å²) in [6.07, 6.45) is 1.16. The van der Waals surface area contributed by atoms with Gasteiger partial charge in [-0.05, 0) is 42.8 Å². The van der Waals surface area contributed by atoms with Crippen LogP contribution >= 0.6 is 22.9 Å². The van der Waals surface area contributed by atoms with Gasteiger partial charge in [0.25, 0.3) is 0 Å². The first-order valence-corrected chi connectivity index (χ1v) is 7.64. The van der Waals surface area contributed by atoms with Crippen molar-refractivity contribution in [3.63, 3.8) is 0 Å². The van der Waals surface area contributed by atoms with Crippen molar-refractivity contribution in [2.24, 2.45) is 0 Å². The molecule has 0 aliphatic carbocycles. The Bertz CT molecular complexity index is 495. The van der Waals surface area contributed by atoms with E-state index in [4.69, 9.17) is 16.3 Å². The van der Waals surface area contributed by atoms with Gasteiger partial charge in [-0.25, -0.2) is 0 Å². The van der Waals surface area contributed by atoms with Gasteiger partial charge in [-0.3, -0.25) is 0 Å². The molecule has 0 saturated carbocycles. The number of ether oxygens (including phenoxy) is 1. The first-order valence-electron chi connectivity index (χ1n) is 6.44. The Morgan fingerprint density at radius 2 is 1.95 bits per heavy atom. The van der Waals surface area contributed by atoms with E-state index in [1.165, 1.54) is 5.56 Å². The predicted molar refractivity (Wildman–Crippen MR) is 82.1 cm³/mol. The largest absolute Gasteiger partial charge is 0.488 e. The standard InChI is InChI=1S/C15H18ClNOS/c1-2-9-17-10-12-3-5-13(6-4-12)18-11-14-7-8-15(16)19-14/h3-8,17H,2,9-11H2,1H3. The lowest BCUT2D eigenvalue weighted by Gasteiger charge is -2.07. The van der Waals surface area contributed by atoms with E-state index in [-0.39, 0.29) is 0 Å².